The summed E-state index contributed by atoms with van der Waals surface area (Å²) in [5.41, 5.74) is 3.38. The summed E-state index contributed by atoms with van der Waals surface area (Å²) in [5.74, 6) is 0.461. The number of allylic oxidation sites excluding steroid dienone is 1. The van der Waals surface area contributed by atoms with E-state index in [0.29, 0.717) is 12.2 Å². The second-order valence-electron chi connectivity index (χ2n) is 6.39. The Labute approximate surface area is 205 Å². The Kier molecular flexibility index (Phi) is 13.7. The molecule has 2 rings (SSSR count). The zero-order valence-corrected chi connectivity index (χ0v) is 20.2. The van der Waals surface area contributed by atoms with Gasteiger partial charge in [0.05, 0.1) is 0 Å². The molecule has 0 spiro atoms. The van der Waals surface area contributed by atoms with Crippen LogP contribution in [0, 0.1) is 0 Å². The molecule has 0 aliphatic heterocycles. The van der Waals surface area contributed by atoms with Gasteiger partial charge in [-0.3, -0.25) is 4.79 Å². The van der Waals surface area contributed by atoms with Crippen molar-refractivity contribution in [2.24, 2.45) is 0 Å². The summed E-state index contributed by atoms with van der Waals surface area (Å²) in [6.07, 6.45) is 4.35. The van der Waals surface area contributed by atoms with E-state index in [9.17, 15) is 15.0 Å². The predicted molar refractivity (Wildman–Crippen MR) is 107 cm³/mol. The smallest absolute Gasteiger partial charge is 0.872 e. The van der Waals surface area contributed by atoms with E-state index in [-0.39, 0.29) is 62.9 Å². The molecule has 0 amide bonds. The SMILES string of the molecule is C=C(C)c1ccccc1O.CCCCc1cc([O-])ccc1C(=O)CCC.[K+]. The van der Waals surface area contributed by atoms with Gasteiger partial charge in [-0.05, 0) is 43.4 Å². The zero-order valence-electron chi connectivity index (χ0n) is 17.0. The van der Waals surface area contributed by atoms with E-state index in [1.807, 2.05) is 26.0 Å². The minimum absolute atomic E-state index is 0. The number of unbranched alkanes of at least 4 members (excludes halogenated alkanes) is 1. The van der Waals surface area contributed by atoms with Crippen molar-refractivity contribution < 1.29 is 66.4 Å². The molecule has 27 heavy (non-hydrogen) atoms. The number of ketones is 1. The summed E-state index contributed by atoms with van der Waals surface area (Å²) in [4.78, 5) is 11.8. The molecule has 0 saturated carbocycles. The topological polar surface area (TPSA) is 60.4 Å². The number of aromatic hydroxyl groups is 1. The van der Waals surface area contributed by atoms with Crippen molar-refractivity contribution in [2.45, 2.75) is 52.9 Å². The fourth-order valence-electron chi connectivity index (χ4n) is 2.61. The maximum absolute atomic E-state index is 11.8. The molecule has 2 aromatic carbocycles. The Bertz CT molecular complexity index is 738. The number of Topliss-reactive ketones (excluding diaryl/α,β-unsaturated/α-hetero) is 1. The Hall–Kier alpha value is -0.914. The van der Waals surface area contributed by atoms with Crippen molar-refractivity contribution in [1.82, 2.24) is 0 Å². The summed E-state index contributed by atoms with van der Waals surface area (Å²) in [7, 11) is 0. The molecule has 0 saturated heterocycles. The molecule has 0 aromatic heterocycles. The number of carbonyl (C=O) groups is 1. The van der Waals surface area contributed by atoms with Crippen LogP contribution >= 0.6 is 0 Å². The minimum atomic E-state index is -0.000786. The summed E-state index contributed by atoms with van der Waals surface area (Å²) >= 11 is 0. The number of para-hydroxylation sites is 1. The largest absolute Gasteiger partial charge is 1.00 e. The van der Waals surface area contributed by atoms with Gasteiger partial charge in [0.1, 0.15) is 5.75 Å². The molecule has 2 aromatic rings. The van der Waals surface area contributed by atoms with Crippen molar-refractivity contribution in [3.63, 3.8) is 0 Å². The van der Waals surface area contributed by atoms with E-state index in [2.05, 4.69) is 13.5 Å². The first-order valence-corrected chi connectivity index (χ1v) is 9.17. The second-order valence-corrected chi connectivity index (χ2v) is 6.39. The van der Waals surface area contributed by atoms with Crippen LogP contribution in [0.25, 0.3) is 5.57 Å². The number of hydrogen-bond donors (Lipinski definition) is 1. The van der Waals surface area contributed by atoms with Gasteiger partial charge in [-0.15, -0.1) is 5.75 Å². The van der Waals surface area contributed by atoms with Crippen LogP contribution in [-0.2, 0) is 6.42 Å². The first kappa shape index (κ1) is 26.1. The van der Waals surface area contributed by atoms with Crippen LogP contribution in [0.2, 0.25) is 0 Å². The molecule has 140 valence electrons. The van der Waals surface area contributed by atoms with Gasteiger partial charge in [-0.2, -0.15) is 0 Å². The van der Waals surface area contributed by atoms with Crippen molar-refractivity contribution in [2.75, 3.05) is 0 Å². The summed E-state index contributed by atoms with van der Waals surface area (Å²) in [6.45, 7) is 9.69. The second kappa shape index (κ2) is 14.1. The standard InChI is InChI=1S/C14H20O2.C9H10O.K/c1-3-5-7-11-10-12(15)8-9-13(11)14(16)6-4-2;1-7(2)8-5-3-4-6-9(8)10;/h8-10,15H,3-7H2,1-2H3;3-6,10H,1H2,2H3;/q;;+1/p-1. The van der Waals surface area contributed by atoms with Crippen LogP contribution in [0.4, 0.5) is 0 Å². The van der Waals surface area contributed by atoms with E-state index in [4.69, 9.17) is 0 Å². The molecule has 0 unspecified atom stereocenters. The molecule has 0 heterocycles. The van der Waals surface area contributed by atoms with Gasteiger partial charge in [0, 0.05) is 17.5 Å². The van der Waals surface area contributed by atoms with Gasteiger partial charge in [0.25, 0.3) is 0 Å². The number of phenols is 1. The fourth-order valence-corrected chi connectivity index (χ4v) is 2.61. The van der Waals surface area contributed by atoms with Crippen LogP contribution in [0.5, 0.6) is 11.5 Å². The summed E-state index contributed by atoms with van der Waals surface area (Å²) in [5, 5.41) is 20.5. The van der Waals surface area contributed by atoms with Gasteiger partial charge in [0.15, 0.2) is 5.78 Å². The number of rotatable bonds is 7. The van der Waals surface area contributed by atoms with Gasteiger partial charge < -0.3 is 10.2 Å². The molecule has 1 N–H and O–H groups in total. The van der Waals surface area contributed by atoms with Crippen molar-refractivity contribution >= 4 is 11.4 Å². The normalized spacial score (nSPS) is 9.59. The van der Waals surface area contributed by atoms with Gasteiger partial charge >= 0.3 is 51.4 Å². The average Bonchev–Trinajstić information content (AvgIpc) is 2.61. The van der Waals surface area contributed by atoms with Crippen LogP contribution in [0.1, 0.15) is 67.9 Å². The maximum atomic E-state index is 11.8. The fraction of sp³-hybridized carbons (Fsp3) is 0.348. The van der Waals surface area contributed by atoms with Gasteiger partial charge in [0.2, 0.25) is 0 Å². The minimum Gasteiger partial charge on any atom is -0.872 e. The average molecular weight is 393 g/mol. The molecule has 0 fully saturated rings. The third-order valence-electron chi connectivity index (χ3n) is 4.02. The number of carbonyl (C=O) groups excluding carboxylic acids is 1. The molecule has 3 nitrogen and oxygen atoms in total. The van der Waals surface area contributed by atoms with E-state index in [1.165, 1.54) is 6.07 Å². The van der Waals surface area contributed by atoms with Crippen LogP contribution < -0.4 is 56.5 Å². The Morgan fingerprint density at radius 2 is 1.74 bits per heavy atom. The van der Waals surface area contributed by atoms with Crippen LogP contribution in [0.15, 0.2) is 49.0 Å². The number of phenolic OH excluding ortho intramolecular Hbond substituents is 1. The van der Waals surface area contributed by atoms with E-state index < -0.39 is 0 Å². The Balaban J connectivity index is 0.000000531. The monoisotopic (exact) mass is 392 g/mol. The Morgan fingerprint density at radius 3 is 2.26 bits per heavy atom. The molecular formula is C23H29KO3. The van der Waals surface area contributed by atoms with Gasteiger partial charge in [-0.25, -0.2) is 0 Å². The van der Waals surface area contributed by atoms with Crippen LogP contribution in [-0.4, -0.2) is 10.9 Å². The molecule has 4 heteroatoms. The summed E-state index contributed by atoms with van der Waals surface area (Å²) in [6, 6.07) is 12.0. The van der Waals surface area contributed by atoms with E-state index >= 15 is 0 Å². The molecular weight excluding hydrogens is 363 g/mol. The van der Waals surface area contributed by atoms with Crippen LogP contribution in [0.3, 0.4) is 0 Å². The molecule has 0 aliphatic carbocycles. The first-order valence-electron chi connectivity index (χ1n) is 9.17. The van der Waals surface area contributed by atoms with Gasteiger partial charge in [-0.1, -0.05) is 63.2 Å². The molecule has 0 atom stereocenters. The quantitative estimate of drug-likeness (QED) is 0.582. The molecule has 0 aliphatic rings. The number of aryl methyl sites for hydroxylation is 1. The molecule has 0 bridgehead atoms. The number of hydrogen-bond acceptors (Lipinski definition) is 3. The number of benzene rings is 2. The van der Waals surface area contributed by atoms with E-state index in [0.717, 1.165) is 47.9 Å². The van der Waals surface area contributed by atoms with Crippen molar-refractivity contribution in [3.8, 4) is 11.5 Å². The third-order valence-corrected chi connectivity index (χ3v) is 4.02. The first-order chi connectivity index (χ1) is 12.4. The molecule has 0 radical (unpaired) electrons. The van der Waals surface area contributed by atoms with E-state index in [1.54, 1.807) is 24.3 Å². The maximum Gasteiger partial charge on any atom is 1.00 e. The van der Waals surface area contributed by atoms with Crippen molar-refractivity contribution in [1.29, 1.82) is 0 Å². The predicted octanol–water partition coefficient (Wildman–Crippen LogP) is 2.51. The zero-order chi connectivity index (χ0) is 19.5. The van der Waals surface area contributed by atoms with Crippen molar-refractivity contribution in [3.05, 3.63) is 65.7 Å². The third kappa shape index (κ3) is 9.22. The summed E-state index contributed by atoms with van der Waals surface area (Å²) < 4.78 is 0. The Morgan fingerprint density at radius 1 is 1.07 bits per heavy atom.